The molecular formula is C49H94NO7P. The van der Waals surface area contributed by atoms with Crippen molar-refractivity contribution >= 4 is 13.8 Å². The number of ether oxygens (including phenoxy) is 2. The molecule has 2 unspecified atom stereocenters. The third-order valence-corrected chi connectivity index (χ3v) is 11.4. The molecule has 0 saturated heterocycles. The van der Waals surface area contributed by atoms with Crippen molar-refractivity contribution in [1.82, 2.24) is 0 Å². The van der Waals surface area contributed by atoms with Crippen LogP contribution < -0.4 is 4.89 Å². The molecule has 342 valence electrons. The van der Waals surface area contributed by atoms with Crippen LogP contribution in [0, 0.1) is 0 Å². The zero-order chi connectivity index (χ0) is 42.7. The number of likely N-dealkylation sites (N-methyl/N-ethyl adjacent to an activating group) is 1. The number of esters is 1. The van der Waals surface area contributed by atoms with E-state index in [1.54, 1.807) is 0 Å². The highest BCUT2D eigenvalue weighted by atomic mass is 31.2. The molecule has 0 radical (unpaired) electrons. The zero-order valence-electron chi connectivity index (χ0n) is 38.7. The Labute approximate surface area is 359 Å². The molecule has 0 aliphatic rings. The van der Waals surface area contributed by atoms with Gasteiger partial charge in [-0.25, -0.2) is 0 Å². The number of unbranched alkanes of at least 4 members (excludes halogenated alkanes) is 25. The van der Waals surface area contributed by atoms with Gasteiger partial charge in [0.1, 0.15) is 19.3 Å². The first-order chi connectivity index (χ1) is 28.1. The maximum Gasteiger partial charge on any atom is 0.306 e. The van der Waals surface area contributed by atoms with Crippen LogP contribution in [0.4, 0.5) is 0 Å². The third-order valence-electron chi connectivity index (χ3n) is 10.4. The predicted molar refractivity (Wildman–Crippen MR) is 245 cm³/mol. The summed E-state index contributed by atoms with van der Waals surface area (Å²) in [4.78, 5) is 25.1. The lowest BCUT2D eigenvalue weighted by atomic mass is 10.1. The highest BCUT2D eigenvalue weighted by Gasteiger charge is 2.20. The Hall–Kier alpha value is -1.28. The number of hydrogen-bond donors (Lipinski definition) is 0. The fourth-order valence-corrected chi connectivity index (χ4v) is 7.36. The number of carbonyl (C=O) groups excluding carboxylic acids is 1. The topological polar surface area (TPSA) is 94.1 Å². The summed E-state index contributed by atoms with van der Waals surface area (Å²) in [6, 6.07) is 0. The molecule has 0 bridgehead atoms. The molecule has 0 aromatic rings. The van der Waals surface area contributed by atoms with Crippen molar-refractivity contribution in [2.45, 2.75) is 219 Å². The molecule has 58 heavy (non-hydrogen) atoms. The number of quaternary nitrogens is 1. The van der Waals surface area contributed by atoms with E-state index < -0.39 is 13.9 Å². The van der Waals surface area contributed by atoms with Gasteiger partial charge in [0.15, 0.2) is 0 Å². The van der Waals surface area contributed by atoms with Crippen LogP contribution in [0.2, 0.25) is 0 Å². The van der Waals surface area contributed by atoms with Crippen LogP contribution >= 0.6 is 7.82 Å². The molecule has 8 nitrogen and oxygen atoms in total. The van der Waals surface area contributed by atoms with E-state index in [4.69, 9.17) is 18.5 Å². The highest BCUT2D eigenvalue weighted by Crippen LogP contribution is 2.38. The zero-order valence-corrected chi connectivity index (χ0v) is 39.6. The first kappa shape index (κ1) is 56.7. The summed E-state index contributed by atoms with van der Waals surface area (Å²) in [5, 5.41) is 0. The van der Waals surface area contributed by atoms with Gasteiger partial charge in [0.05, 0.1) is 34.4 Å². The van der Waals surface area contributed by atoms with Gasteiger partial charge < -0.3 is 27.9 Å². The molecule has 0 aliphatic carbocycles. The van der Waals surface area contributed by atoms with E-state index in [1.165, 1.54) is 148 Å². The van der Waals surface area contributed by atoms with Crippen LogP contribution in [0.3, 0.4) is 0 Å². The molecule has 9 heteroatoms. The molecule has 0 N–H and O–H groups in total. The van der Waals surface area contributed by atoms with Crippen LogP contribution in [-0.4, -0.2) is 70.7 Å². The van der Waals surface area contributed by atoms with Crippen LogP contribution in [-0.2, 0) is 27.9 Å². The normalized spacial score (nSPS) is 14.0. The van der Waals surface area contributed by atoms with Gasteiger partial charge in [0, 0.05) is 13.0 Å². The molecule has 0 aromatic carbocycles. The van der Waals surface area contributed by atoms with Crippen molar-refractivity contribution in [2.75, 3.05) is 54.1 Å². The Balaban J connectivity index is 4.20. The number of phosphoric ester groups is 1. The fourth-order valence-electron chi connectivity index (χ4n) is 6.63. The van der Waals surface area contributed by atoms with E-state index in [9.17, 15) is 14.3 Å². The number of phosphoric acid groups is 1. The van der Waals surface area contributed by atoms with Crippen molar-refractivity contribution in [3.8, 4) is 0 Å². The summed E-state index contributed by atoms with van der Waals surface area (Å²) in [6.45, 7) is 5.40. The van der Waals surface area contributed by atoms with E-state index >= 15 is 0 Å². The van der Waals surface area contributed by atoms with Crippen molar-refractivity contribution in [3.05, 3.63) is 36.5 Å². The largest absolute Gasteiger partial charge is 0.756 e. The third kappa shape index (κ3) is 45.8. The summed E-state index contributed by atoms with van der Waals surface area (Å²) < 4.78 is 34.7. The van der Waals surface area contributed by atoms with Gasteiger partial charge in [-0.05, 0) is 70.6 Å². The predicted octanol–water partition coefficient (Wildman–Crippen LogP) is 13.9. The highest BCUT2D eigenvalue weighted by molar-refractivity contribution is 7.45. The Morgan fingerprint density at radius 3 is 1.43 bits per heavy atom. The SMILES string of the molecule is CCCCCC/C=C\C/C=C\CCCCCCCCCC(=O)OC(COCCCCCCCCCC/C=C\CCCCCCCC)COP(=O)([O-])OCC[N+](C)(C)C. The minimum atomic E-state index is -4.53. The van der Waals surface area contributed by atoms with Gasteiger partial charge in [-0.3, -0.25) is 9.36 Å². The lowest BCUT2D eigenvalue weighted by Crippen LogP contribution is -2.37. The Morgan fingerprint density at radius 1 is 0.534 bits per heavy atom. The lowest BCUT2D eigenvalue weighted by Gasteiger charge is -2.28. The summed E-state index contributed by atoms with van der Waals surface area (Å²) in [5.74, 6) is -0.341. The summed E-state index contributed by atoms with van der Waals surface area (Å²) in [7, 11) is 1.35. The molecule has 0 fully saturated rings. The van der Waals surface area contributed by atoms with Gasteiger partial charge in [0.2, 0.25) is 0 Å². The number of hydrogen-bond acceptors (Lipinski definition) is 7. The molecular weight excluding hydrogens is 746 g/mol. The summed E-state index contributed by atoms with van der Waals surface area (Å²) >= 11 is 0. The van der Waals surface area contributed by atoms with E-state index in [1.807, 2.05) is 21.1 Å². The van der Waals surface area contributed by atoms with Crippen molar-refractivity contribution in [2.24, 2.45) is 0 Å². The van der Waals surface area contributed by atoms with Gasteiger partial charge in [0.25, 0.3) is 7.82 Å². The van der Waals surface area contributed by atoms with Gasteiger partial charge in [-0.15, -0.1) is 0 Å². The van der Waals surface area contributed by atoms with Crippen LogP contribution in [0.1, 0.15) is 213 Å². The van der Waals surface area contributed by atoms with Gasteiger partial charge in [-0.2, -0.15) is 0 Å². The first-order valence-electron chi connectivity index (χ1n) is 24.2. The standard InChI is InChI=1S/C49H94NO7P/c1-6-8-10-12-14-16-18-20-22-24-26-28-30-32-34-36-38-40-42-49(51)57-48(47-56-58(52,53)55-45-43-50(3,4)5)46-54-44-41-39-37-35-33-31-29-27-25-23-21-19-17-15-13-11-9-7-2/h16,18,21-24,48H,6-15,17,19-20,25-47H2,1-5H3/b18-16-,23-21-,24-22-. The summed E-state index contributed by atoms with van der Waals surface area (Å²) in [6.07, 6.45) is 50.1. The van der Waals surface area contributed by atoms with Crippen LogP contribution in [0.15, 0.2) is 36.5 Å². The molecule has 0 saturated carbocycles. The van der Waals surface area contributed by atoms with Crippen molar-refractivity contribution in [3.63, 3.8) is 0 Å². The average molecular weight is 840 g/mol. The van der Waals surface area contributed by atoms with Crippen molar-refractivity contribution < 1.29 is 37.3 Å². The second-order valence-electron chi connectivity index (χ2n) is 17.5. The quantitative estimate of drug-likeness (QED) is 0.0198. The minimum absolute atomic E-state index is 0.0240. The fraction of sp³-hybridized carbons (Fsp3) is 0.857. The second-order valence-corrected chi connectivity index (χ2v) is 18.9. The van der Waals surface area contributed by atoms with E-state index in [0.717, 1.165) is 44.9 Å². The molecule has 0 heterocycles. The molecule has 0 aromatic heterocycles. The summed E-state index contributed by atoms with van der Waals surface area (Å²) in [5.41, 5.74) is 0. The average Bonchev–Trinajstić information content (AvgIpc) is 3.18. The Bertz CT molecular complexity index is 1020. The monoisotopic (exact) mass is 840 g/mol. The smallest absolute Gasteiger partial charge is 0.306 e. The maximum atomic E-state index is 12.7. The van der Waals surface area contributed by atoms with Crippen LogP contribution in [0.25, 0.3) is 0 Å². The van der Waals surface area contributed by atoms with E-state index in [0.29, 0.717) is 24.1 Å². The second kappa shape index (κ2) is 42.4. The lowest BCUT2D eigenvalue weighted by molar-refractivity contribution is -0.870. The first-order valence-corrected chi connectivity index (χ1v) is 25.7. The molecule has 0 spiro atoms. The Kier molecular flexibility index (Phi) is 41.5. The van der Waals surface area contributed by atoms with Gasteiger partial charge in [-0.1, -0.05) is 172 Å². The molecule has 0 aliphatic heterocycles. The van der Waals surface area contributed by atoms with E-state index in [-0.39, 0.29) is 25.8 Å². The van der Waals surface area contributed by atoms with Crippen LogP contribution in [0.5, 0.6) is 0 Å². The maximum absolute atomic E-state index is 12.7. The molecule has 0 rings (SSSR count). The molecule has 2 atom stereocenters. The number of carbonyl (C=O) groups is 1. The minimum Gasteiger partial charge on any atom is -0.756 e. The van der Waals surface area contributed by atoms with Gasteiger partial charge >= 0.3 is 5.97 Å². The number of rotatable bonds is 45. The molecule has 0 amide bonds. The number of allylic oxidation sites excluding steroid dienone is 6. The van der Waals surface area contributed by atoms with Crippen molar-refractivity contribution in [1.29, 1.82) is 0 Å². The Morgan fingerprint density at radius 2 is 0.948 bits per heavy atom. The number of nitrogens with zero attached hydrogens (tertiary/aromatic N) is 1. The van der Waals surface area contributed by atoms with E-state index in [2.05, 4.69) is 50.3 Å².